The number of nitrogens with one attached hydrogen (secondary N) is 1. The average Bonchev–Trinajstić information content (AvgIpc) is 2.68. The van der Waals surface area contributed by atoms with Crippen LogP contribution in [0, 0.1) is 6.92 Å². The Labute approximate surface area is 169 Å². The van der Waals surface area contributed by atoms with Gasteiger partial charge in [-0.1, -0.05) is 35.5 Å². The fraction of sp³-hybridized carbons (Fsp3) is 0.238. The van der Waals surface area contributed by atoms with E-state index in [2.05, 4.69) is 21.8 Å². The summed E-state index contributed by atoms with van der Waals surface area (Å²) in [7, 11) is 1.30. The third-order valence-corrected chi connectivity index (χ3v) is 4.25. The summed E-state index contributed by atoms with van der Waals surface area (Å²) in [6, 6.07) is 10.9. The number of anilines is 1. The van der Waals surface area contributed by atoms with Gasteiger partial charge in [0.05, 0.1) is 18.5 Å². The summed E-state index contributed by atoms with van der Waals surface area (Å²) in [4.78, 5) is 16.6. The van der Waals surface area contributed by atoms with Gasteiger partial charge < -0.3 is 14.3 Å². The Morgan fingerprint density at radius 1 is 1.32 bits per heavy atom. The summed E-state index contributed by atoms with van der Waals surface area (Å²) in [5.74, 6) is 0.701. The van der Waals surface area contributed by atoms with Crippen molar-refractivity contribution in [3.05, 3.63) is 70.8 Å². The molecular formula is C21H23ClN2O4. The number of methoxy groups -OCH3 is 1. The minimum atomic E-state index is -0.572. The minimum Gasteiger partial charge on any atom is -0.488 e. The van der Waals surface area contributed by atoms with E-state index >= 15 is 0 Å². The van der Waals surface area contributed by atoms with E-state index in [1.54, 1.807) is 24.3 Å². The first-order valence-corrected chi connectivity index (χ1v) is 8.97. The molecule has 0 fully saturated rings. The minimum absolute atomic E-state index is 0.189. The largest absolute Gasteiger partial charge is 0.488 e. The molecule has 0 saturated carbocycles. The molecule has 0 aliphatic rings. The normalized spacial score (nSPS) is 10.9. The van der Waals surface area contributed by atoms with Gasteiger partial charge in [-0.2, -0.15) is 0 Å². The fourth-order valence-electron chi connectivity index (χ4n) is 2.41. The monoisotopic (exact) mass is 402 g/mol. The lowest BCUT2D eigenvalue weighted by molar-refractivity contribution is 0.175. The second-order valence-electron chi connectivity index (χ2n) is 5.91. The number of hydrogen-bond acceptors (Lipinski definition) is 5. The van der Waals surface area contributed by atoms with Crippen molar-refractivity contribution in [3.63, 3.8) is 0 Å². The Kier molecular flexibility index (Phi) is 7.89. The van der Waals surface area contributed by atoms with Gasteiger partial charge in [0.1, 0.15) is 19.0 Å². The molecule has 2 aromatic rings. The number of hydrogen-bond donors (Lipinski definition) is 1. The van der Waals surface area contributed by atoms with Crippen molar-refractivity contribution in [3.8, 4) is 5.75 Å². The predicted octanol–water partition coefficient (Wildman–Crippen LogP) is 5.33. The van der Waals surface area contributed by atoms with Crippen LogP contribution in [0.15, 0.2) is 54.2 Å². The van der Waals surface area contributed by atoms with E-state index in [9.17, 15) is 4.79 Å². The number of aryl methyl sites for hydroxylation is 1. The zero-order valence-electron chi connectivity index (χ0n) is 16.1. The van der Waals surface area contributed by atoms with Crippen molar-refractivity contribution in [2.45, 2.75) is 20.5 Å². The maximum Gasteiger partial charge on any atom is 0.411 e. The molecular weight excluding hydrogens is 380 g/mol. The standard InChI is InChI=1S/C21H23ClN2O4/c1-5-11-28-24-15(3)16-9-10-20(14(2)12-16)27-13-17-18(22)7-6-8-19(17)23-21(25)26-4/h5-10,12H,1,11,13H2,2-4H3,(H,23,25)/b24-15+. The van der Waals surface area contributed by atoms with Gasteiger partial charge >= 0.3 is 6.09 Å². The molecule has 1 amide bonds. The maximum absolute atomic E-state index is 11.5. The van der Waals surface area contributed by atoms with Gasteiger partial charge in [0.25, 0.3) is 0 Å². The van der Waals surface area contributed by atoms with E-state index in [4.69, 9.17) is 21.2 Å². The first kappa shape index (κ1) is 21.3. The molecule has 0 unspecified atom stereocenters. The molecule has 0 aromatic heterocycles. The molecule has 28 heavy (non-hydrogen) atoms. The van der Waals surface area contributed by atoms with E-state index in [1.807, 2.05) is 32.0 Å². The Bertz CT molecular complexity index is 881. The number of nitrogens with zero attached hydrogens (tertiary/aromatic N) is 1. The number of amides is 1. The molecule has 0 heterocycles. The third kappa shape index (κ3) is 5.76. The first-order chi connectivity index (χ1) is 13.5. The zero-order valence-corrected chi connectivity index (χ0v) is 16.9. The highest BCUT2D eigenvalue weighted by atomic mass is 35.5. The molecule has 6 nitrogen and oxygen atoms in total. The zero-order chi connectivity index (χ0) is 20.5. The van der Waals surface area contributed by atoms with Crippen LogP contribution in [0.25, 0.3) is 0 Å². The Morgan fingerprint density at radius 2 is 2.11 bits per heavy atom. The van der Waals surface area contributed by atoms with Crippen LogP contribution in [0.2, 0.25) is 5.02 Å². The van der Waals surface area contributed by atoms with Crippen LogP contribution >= 0.6 is 11.6 Å². The molecule has 0 bridgehead atoms. The molecule has 0 saturated heterocycles. The number of ether oxygens (including phenoxy) is 2. The third-order valence-electron chi connectivity index (χ3n) is 3.90. The summed E-state index contributed by atoms with van der Waals surface area (Å²) in [5.41, 5.74) is 3.82. The second-order valence-corrected chi connectivity index (χ2v) is 6.32. The summed E-state index contributed by atoms with van der Waals surface area (Å²) >= 11 is 6.28. The summed E-state index contributed by atoms with van der Waals surface area (Å²) in [6.45, 7) is 7.94. The van der Waals surface area contributed by atoms with Crippen molar-refractivity contribution >= 4 is 29.1 Å². The van der Waals surface area contributed by atoms with E-state index in [0.717, 1.165) is 16.8 Å². The van der Waals surface area contributed by atoms with Crippen LogP contribution in [0.3, 0.4) is 0 Å². The molecule has 2 aromatic carbocycles. The Hall–Kier alpha value is -2.99. The van der Waals surface area contributed by atoms with Crippen LogP contribution < -0.4 is 10.1 Å². The number of oxime groups is 1. The van der Waals surface area contributed by atoms with Gasteiger partial charge in [0.2, 0.25) is 0 Å². The smallest absolute Gasteiger partial charge is 0.411 e. The highest BCUT2D eigenvalue weighted by molar-refractivity contribution is 6.31. The predicted molar refractivity (Wildman–Crippen MR) is 111 cm³/mol. The number of halogens is 1. The van der Waals surface area contributed by atoms with Gasteiger partial charge in [0, 0.05) is 10.6 Å². The highest BCUT2D eigenvalue weighted by Crippen LogP contribution is 2.28. The number of benzene rings is 2. The Morgan fingerprint density at radius 3 is 2.79 bits per heavy atom. The van der Waals surface area contributed by atoms with Crippen LogP contribution in [0.5, 0.6) is 5.75 Å². The topological polar surface area (TPSA) is 69.2 Å². The SMILES string of the molecule is C=CCO/N=C(\C)c1ccc(OCc2c(Cl)cccc2NC(=O)OC)c(C)c1. The van der Waals surface area contributed by atoms with Crippen LogP contribution in [0.4, 0.5) is 10.5 Å². The number of carbonyl (C=O) groups is 1. The molecule has 148 valence electrons. The molecule has 0 aliphatic heterocycles. The summed E-state index contributed by atoms with van der Waals surface area (Å²) in [5, 5.41) is 7.17. The van der Waals surface area contributed by atoms with E-state index in [-0.39, 0.29) is 6.61 Å². The molecule has 2 rings (SSSR count). The molecule has 0 spiro atoms. The van der Waals surface area contributed by atoms with Gasteiger partial charge in [-0.25, -0.2) is 4.79 Å². The van der Waals surface area contributed by atoms with Gasteiger partial charge in [-0.3, -0.25) is 5.32 Å². The molecule has 0 aliphatic carbocycles. The van der Waals surface area contributed by atoms with Crippen LogP contribution in [0.1, 0.15) is 23.6 Å². The maximum atomic E-state index is 11.5. The molecule has 0 atom stereocenters. The van der Waals surface area contributed by atoms with Crippen molar-refractivity contribution in [1.29, 1.82) is 0 Å². The molecule has 0 radical (unpaired) electrons. The van der Waals surface area contributed by atoms with E-state index < -0.39 is 6.09 Å². The fourth-order valence-corrected chi connectivity index (χ4v) is 2.64. The van der Waals surface area contributed by atoms with Crippen LogP contribution in [-0.2, 0) is 16.2 Å². The van der Waals surface area contributed by atoms with Gasteiger partial charge in [-0.15, -0.1) is 0 Å². The number of carbonyl (C=O) groups excluding carboxylic acids is 1. The molecule has 7 heteroatoms. The first-order valence-electron chi connectivity index (χ1n) is 8.60. The van der Waals surface area contributed by atoms with E-state index in [1.165, 1.54) is 7.11 Å². The number of rotatable bonds is 8. The lowest BCUT2D eigenvalue weighted by Crippen LogP contribution is -2.13. The lowest BCUT2D eigenvalue weighted by atomic mass is 10.1. The van der Waals surface area contributed by atoms with E-state index in [0.29, 0.717) is 28.6 Å². The summed E-state index contributed by atoms with van der Waals surface area (Å²) in [6.07, 6.45) is 1.06. The lowest BCUT2D eigenvalue weighted by Gasteiger charge is -2.15. The second kappa shape index (κ2) is 10.4. The Balaban J connectivity index is 2.14. The van der Waals surface area contributed by atoms with Crippen molar-refractivity contribution in [2.24, 2.45) is 5.16 Å². The molecule has 1 N–H and O–H groups in total. The van der Waals surface area contributed by atoms with Crippen molar-refractivity contribution in [2.75, 3.05) is 19.0 Å². The quantitative estimate of drug-likeness (QED) is 0.280. The van der Waals surface area contributed by atoms with Gasteiger partial charge in [0.15, 0.2) is 0 Å². The highest BCUT2D eigenvalue weighted by Gasteiger charge is 2.12. The van der Waals surface area contributed by atoms with Crippen molar-refractivity contribution < 1.29 is 19.1 Å². The van der Waals surface area contributed by atoms with Crippen molar-refractivity contribution in [1.82, 2.24) is 0 Å². The van der Waals surface area contributed by atoms with Gasteiger partial charge in [-0.05, 0) is 55.3 Å². The average molecular weight is 403 g/mol. The summed E-state index contributed by atoms with van der Waals surface area (Å²) < 4.78 is 10.6. The van der Waals surface area contributed by atoms with Crippen LogP contribution in [-0.4, -0.2) is 25.5 Å².